The maximum Gasteiger partial charge on any atom is 0.290 e. The summed E-state index contributed by atoms with van der Waals surface area (Å²) in [5.74, 6) is 0.00364. The fourth-order valence-electron chi connectivity index (χ4n) is 3.60. The fourth-order valence-corrected chi connectivity index (χ4v) is 3.60. The van der Waals surface area contributed by atoms with E-state index >= 15 is 0 Å². The number of aromatic amines is 1. The first-order valence-electron chi connectivity index (χ1n) is 9.51. The first-order chi connectivity index (χ1) is 14.0. The topological polar surface area (TPSA) is 66.3 Å². The third kappa shape index (κ3) is 3.99. The van der Waals surface area contributed by atoms with Gasteiger partial charge in [0.25, 0.3) is 11.5 Å². The normalized spacial score (nSPS) is 11.0. The van der Waals surface area contributed by atoms with Crippen molar-refractivity contribution in [2.75, 3.05) is 0 Å². The molecule has 5 heteroatoms. The number of carbonyl (C=O) groups is 1. The molecule has 0 fully saturated rings. The number of furan rings is 1. The predicted octanol–water partition coefficient (Wildman–Crippen LogP) is 4.58. The number of nitrogens with zero attached hydrogens (tertiary/aromatic N) is 1. The zero-order valence-corrected chi connectivity index (χ0v) is 16.4. The van der Waals surface area contributed by atoms with Gasteiger partial charge in [0.15, 0.2) is 5.76 Å². The molecular weight excluding hydrogens is 364 g/mol. The number of carbonyl (C=O) groups excluding carboxylic acids is 1. The van der Waals surface area contributed by atoms with Crippen LogP contribution in [-0.4, -0.2) is 15.8 Å². The Kier molecular flexibility index (Phi) is 5.04. The van der Waals surface area contributed by atoms with Crippen molar-refractivity contribution in [3.8, 4) is 0 Å². The molecule has 0 radical (unpaired) electrons. The molecule has 0 atom stereocenters. The van der Waals surface area contributed by atoms with Crippen LogP contribution in [0.3, 0.4) is 0 Å². The summed E-state index contributed by atoms with van der Waals surface area (Å²) < 4.78 is 5.31. The number of aromatic nitrogens is 1. The molecule has 0 unspecified atom stereocenters. The van der Waals surface area contributed by atoms with Crippen molar-refractivity contribution in [2.24, 2.45) is 0 Å². The van der Waals surface area contributed by atoms with Gasteiger partial charge in [-0.05, 0) is 54.8 Å². The van der Waals surface area contributed by atoms with Gasteiger partial charge in [-0.25, -0.2) is 0 Å². The van der Waals surface area contributed by atoms with E-state index in [0.717, 1.165) is 27.6 Å². The molecule has 2 aromatic heterocycles. The number of hydrogen-bond acceptors (Lipinski definition) is 3. The van der Waals surface area contributed by atoms with Crippen LogP contribution in [0.5, 0.6) is 0 Å². The van der Waals surface area contributed by atoms with Crippen LogP contribution in [0.25, 0.3) is 10.9 Å². The number of pyridine rings is 1. The van der Waals surface area contributed by atoms with Crippen LogP contribution >= 0.6 is 0 Å². The van der Waals surface area contributed by atoms with Crippen LogP contribution < -0.4 is 5.56 Å². The van der Waals surface area contributed by atoms with Gasteiger partial charge in [0.1, 0.15) is 0 Å². The van der Waals surface area contributed by atoms with Gasteiger partial charge < -0.3 is 14.3 Å². The molecule has 5 nitrogen and oxygen atoms in total. The molecular formula is C24H22N2O3. The molecule has 0 aliphatic heterocycles. The minimum atomic E-state index is -0.251. The first-order valence-corrected chi connectivity index (χ1v) is 9.51. The Morgan fingerprint density at radius 3 is 2.52 bits per heavy atom. The minimum absolute atomic E-state index is 0.187. The van der Waals surface area contributed by atoms with Crippen molar-refractivity contribution in [3.63, 3.8) is 0 Å². The monoisotopic (exact) mass is 386 g/mol. The quantitative estimate of drug-likeness (QED) is 0.546. The fraction of sp³-hybridized carbons (Fsp3) is 0.167. The molecule has 29 heavy (non-hydrogen) atoms. The zero-order chi connectivity index (χ0) is 20.4. The Labute approximate surface area is 168 Å². The van der Waals surface area contributed by atoms with Crippen LogP contribution in [0.15, 0.2) is 76.1 Å². The predicted molar refractivity (Wildman–Crippen MR) is 113 cm³/mol. The number of amides is 1. The number of H-pyrrole nitrogens is 1. The number of hydrogen-bond donors (Lipinski definition) is 1. The molecule has 0 saturated heterocycles. The van der Waals surface area contributed by atoms with E-state index in [0.29, 0.717) is 12.1 Å². The molecule has 0 spiro atoms. The lowest BCUT2D eigenvalue weighted by atomic mass is 10.0. The standard InChI is InChI=1S/C24H22N2O3/c1-16-11-17(2)20-13-19(23(27)25-21(20)12-16)15-26(14-18-7-4-3-5-8-18)24(28)22-9-6-10-29-22/h3-13H,14-15H2,1-2H3,(H,25,27). The van der Waals surface area contributed by atoms with E-state index in [-0.39, 0.29) is 23.8 Å². The smallest absolute Gasteiger partial charge is 0.290 e. The number of rotatable bonds is 5. The first kappa shape index (κ1) is 18.7. The van der Waals surface area contributed by atoms with E-state index in [9.17, 15) is 9.59 Å². The Bertz CT molecular complexity index is 1210. The average Bonchev–Trinajstić information content (AvgIpc) is 3.23. The highest BCUT2D eigenvalue weighted by atomic mass is 16.3. The lowest BCUT2D eigenvalue weighted by molar-refractivity contribution is 0.0697. The summed E-state index contributed by atoms with van der Waals surface area (Å²) in [6.07, 6.45) is 1.47. The van der Waals surface area contributed by atoms with Crippen molar-refractivity contribution < 1.29 is 9.21 Å². The van der Waals surface area contributed by atoms with Crippen LogP contribution in [0.1, 0.15) is 32.8 Å². The maximum absolute atomic E-state index is 13.0. The molecule has 2 aromatic carbocycles. The van der Waals surface area contributed by atoms with Gasteiger partial charge >= 0.3 is 0 Å². The number of nitrogens with one attached hydrogen (secondary N) is 1. The Morgan fingerprint density at radius 2 is 1.79 bits per heavy atom. The van der Waals surface area contributed by atoms with Gasteiger partial charge in [-0.2, -0.15) is 0 Å². The van der Waals surface area contributed by atoms with Gasteiger partial charge in [-0.3, -0.25) is 9.59 Å². The van der Waals surface area contributed by atoms with E-state index in [1.807, 2.05) is 56.3 Å². The third-order valence-corrected chi connectivity index (χ3v) is 4.99. The number of benzene rings is 2. The van der Waals surface area contributed by atoms with Crippen molar-refractivity contribution in [1.29, 1.82) is 0 Å². The summed E-state index contributed by atoms with van der Waals surface area (Å²) in [5.41, 5.74) is 4.33. The summed E-state index contributed by atoms with van der Waals surface area (Å²) in [7, 11) is 0. The lowest BCUT2D eigenvalue weighted by Gasteiger charge is -2.22. The molecule has 0 bridgehead atoms. The number of fused-ring (bicyclic) bond motifs is 1. The van der Waals surface area contributed by atoms with Gasteiger partial charge in [0.05, 0.1) is 12.8 Å². The summed E-state index contributed by atoms with van der Waals surface area (Å²) in [5, 5.41) is 0.982. The van der Waals surface area contributed by atoms with Crippen molar-refractivity contribution in [1.82, 2.24) is 9.88 Å². The van der Waals surface area contributed by atoms with E-state index < -0.39 is 0 Å². The SMILES string of the molecule is Cc1cc(C)c2cc(CN(Cc3ccccc3)C(=O)c3ccco3)c(=O)[nH]c2c1. The van der Waals surface area contributed by atoms with Gasteiger partial charge in [0, 0.05) is 23.0 Å². The Hall–Kier alpha value is -3.60. The molecule has 0 saturated carbocycles. The molecule has 146 valence electrons. The summed E-state index contributed by atoms with van der Waals surface area (Å²) in [6.45, 7) is 4.59. The highest BCUT2D eigenvalue weighted by Crippen LogP contribution is 2.20. The van der Waals surface area contributed by atoms with E-state index in [1.165, 1.54) is 6.26 Å². The minimum Gasteiger partial charge on any atom is -0.459 e. The largest absolute Gasteiger partial charge is 0.459 e. The van der Waals surface area contributed by atoms with Crippen LogP contribution in [0, 0.1) is 13.8 Å². The Balaban J connectivity index is 1.73. The highest BCUT2D eigenvalue weighted by molar-refractivity contribution is 5.91. The van der Waals surface area contributed by atoms with Crippen LogP contribution in [0.2, 0.25) is 0 Å². The van der Waals surface area contributed by atoms with Gasteiger partial charge in [-0.15, -0.1) is 0 Å². The van der Waals surface area contributed by atoms with E-state index in [1.54, 1.807) is 17.0 Å². The van der Waals surface area contributed by atoms with Gasteiger partial charge in [0.2, 0.25) is 0 Å². The Morgan fingerprint density at radius 1 is 1.00 bits per heavy atom. The zero-order valence-electron chi connectivity index (χ0n) is 16.4. The third-order valence-electron chi connectivity index (χ3n) is 4.99. The van der Waals surface area contributed by atoms with Crippen molar-refractivity contribution in [3.05, 3.63) is 105 Å². The second kappa shape index (κ2) is 7.80. The van der Waals surface area contributed by atoms with E-state index in [2.05, 4.69) is 11.1 Å². The van der Waals surface area contributed by atoms with Crippen LogP contribution in [-0.2, 0) is 13.1 Å². The summed E-state index contributed by atoms with van der Waals surface area (Å²) >= 11 is 0. The molecule has 4 rings (SSSR count). The van der Waals surface area contributed by atoms with E-state index in [4.69, 9.17) is 4.42 Å². The summed E-state index contributed by atoms with van der Waals surface area (Å²) in [6, 6.07) is 19.0. The number of aryl methyl sites for hydroxylation is 2. The average molecular weight is 386 g/mol. The van der Waals surface area contributed by atoms with Crippen LogP contribution in [0.4, 0.5) is 0 Å². The van der Waals surface area contributed by atoms with Crippen molar-refractivity contribution >= 4 is 16.8 Å². The molecule has 2 heterocycles. The second-order valence-electron chi connectivity index (χ2n) is 7.29. The van der Waals surface area contributed by atoms with Gasteiger partial charge in [-0.1, -0.05) is 36.4 Å². The second-order valence-corrected chi connectivity index (χ2v) is 7.29. The summed E-state index contributed by atoms with van der Waals surface area (Å²) in [4.78, 5) is 30.4. The highest BCUT2D eigenvalue weighted by Gasteiger charge is 2.20. The lowest BCUT2D eigenvalue weighted by Crippen LogP contribution is -2.32. The molecule has 1 amide bonds. The molecule has 1 N–H and O–H groups in total. The maximum atomic E-state index is 13.0. The van der Waals surface area contributed by atoms with Crippen molar-refractivity contribution in [2.45, 2.75) is 26.9 Å². The molecule has 4 aromatic rings. The molecule has 0 aliphatic carbocycles. The molecule has 0 aliphatic rings.